The Morgan fingerprint density at radius 2 is 1.47 bits per heavy atom. The summed E-state index contributed by atoms with van der Waals surface area (Å²) in [4.78, 5) is 16.8. The van der Waals surface area contributed by atoms with Crippen molar-refractivity contribution in [3.05, 3.63) is 90.2 Å². The zero-order valence-electron chi connectivity index (χ0n) is 18.0. The molecule has 6 nitrogen and oxygen atoms in total. The van der Waals surface area contributed by atoms with E-state index in [1.165, 1.54) is 12.1 Å². The third kappa shape index (κ3) is 5.93. The molecule has 0 aliphatic heterocycles. The van der Waals surface area contributed by atoms with Crippen LogP contribution in [-0.2, 0) is 10.0 Å². The van der Waals surface area contributed by atoms with Gasteiger partial charge in [-0.1, -0.05) is 18.2 Å². The molecule has 3 rings (SSSR count). The van der Waals surface area contributed by atoms with Crippen molar-refractivity contribution in [3.8, 4) is 0 Å². The van der Waals surface area contributed by atoms with Gasteiger partial charge in [0.2, 0.25) is 10.0 Å². The smallest absolute Gasteiger partial charge is 0.258 e. The first-order valence-electron chi connectivity index (χ1n) is 10.2. The van der Waals surface area contributed by atoms with Gasteiger partial charge < -0.3 is 9.80 Å². The van der Waals surface area contributed by atoms with Gasteiger partial charge in [-0.2, -0.15) is 0 Å². The largest absolute Gasteiger partial charge is 0.378 e. The van der Waals surface area contributed by atoms with Crippen LogP contribution in [0.25, 0.3) is 0 Å². The lowest BCUT2D eigenvalue weighted by molar-refractivity contribution is 0.0986. The Kier molecular flexibility index (Phi) is 7.61. The Balaban J connectivity index is 1.71. The van der Waals surface area contributed by atoms with Crippen LogP contribution in [0.15, 0.2) is 83.8 Å². The van der Waals surface area contributed by atoms with Crippen molar-refractivity contribution < 1.29 is 17.6 Å². The van der Waals surface area contributed by atoms with E-state index in [1.54, 1.807) is 29.2 Å². The summed E-state index contributed by atoms with van der Waals surface area (Å²) in [5.74, 6) is -0.663. The molecule has 0 aliphatic rings. The van der Waals surface area contributed by atoms with E-state index in [9.17, 15) is 17.6 Å². The maximum atomic E-state index is 13.1. The highest BCUT2D eigenvalue weighted by atomic mass is 32.2. The number of carbonyl (C=O) groups excluding carboxylic acids is 1. The summed E-state index contributed by atoms with van der Waals surface area (Å²) in [5, 5.41) is 0. The fourth-order valence-electron chi connectivity index (χ4n) is 3.16. The molecule has 0 saturated carbocycles. The Morgan fingerprint density at radius 3 is 2.06 bits per heavy atom. The second-order valence-electron chi connectivity index (χ2n) is 7.44. The zero-order chi connectivity index (χ0) is 23.1. The van der Waals surface area contributed by atoms with Crippen molar-refractivity contribution in [1.29, 1.82) is 0 Å². The maximum Gasteiger partial charge on any atom is 0.258 e. The van der Waals surface area contributed by atoms with Crippen LogP contribution in [0.5, 0.6) is 0 Å². The van der Waals surface area contributed by atoms with Crippen molar-refractivity contribution in [2.45, 2.75) is 11.3 Å². The molecule has 0 bridgehead atoms. The number of anilines is 2. The van der Waals surface area contributed by atoms with Crippen LogP contribution < -0.4 is 14.5 Å². The molecule has 0 aromatic heterocycles. The molecule has 0 heterocycles. The van der Waals surface area contributed by atoms with E-state index >= 15 is 0 Å². The normalized spacial score (nSPS) is 11.2. The lowest BCUT2D eigenvalue weighted by atomic mass is 10.1. The van der Waals surface area contributed by atoms with Crippen LogP contribution in [0, 0.1) is 5.82 Å². The molecule has 0 saturated heterocycles. The summed E-state index contributed by atoms with van der Waals surface area (Å²) in [6.07, 6.45) is 0.397. The van der Waals surface area contributed by atoms with Crippen molar-refractivity contribution in [2.75, 3.05) is 37.0 Å². The van der Waals surface area contributed by atoms with Gasteiger partial charge in [0, 0.05) is 44.1 Å². The maximum absolute atomic E-state index is 13.1. The van der Waals surface area contributed by atoms with Gasteiger partial charge in [0.25, 0.3) is 5.91 Å². The number of hydrogen-bond donors (Lipinski definition) is 1. The average molecular weight is 456 g/mol. The topological polar surface area (TPSA) is 69.7 Å². The first kappa shape index (κ1) is 23.4. The van der Waals surface area contributed by atoms with Gasteiger partial charge in [0.1, 0.15) is 5.82 Å². The molecule has 0 atom stereocenters. The van der Waals surface area contributed by atoms with Crippen molar-refractivity contribution >= 4 is 27.3 Å². The molecule has 3 aromatic rings. The molecule has 0 fully saturated rings. The predicted molar refractivity (Wildman–Crippen MR) is 125 cm³/mol. The van der Waals surface area contributed by atoms with Crippen LogP contribution in [0.3, 0.4) is 0 Å². The van der Waals surface area contributed by atoms with Crippen LogP contribution in [0.4, 0.5) is 15.8 Å². The van der Waals surface area contributed by atoms with Gasteiger partial charge in [-0.05, 0) is 67.1 Å². The molecular formula is C24H26FN3O3S. The SMILES string of the molecule is CN(C)c1ccc(N(CCCNS(=O)(=O)c2ccc(F)cc2)C(=O)c2ccccc2)cc1. The second kappa shape index (κ2) is 10.4. The van der Waals surface area contributed by atoms with Gasteiger partial charge in [-0.3, -0.25) is 4.79 Å². The fraction of sp³-hybridized carbons (Fsp3) is 0.208. The Morgan fingerprint density at radius 1 is 0.875 bits per heavy atom. The van der Waals surface area contributed by atoms with E-state index in [4.69, 9.17) is 0 Å². The first-order valence-corrected chi connectivity index (χ1v) is 11.7. The summed E-state index contributed by atoms with van der Waals surface area (Å²) in [7, 11) is 0.126. The molecule has 1 amide bonds. The van der Waals surface area contributed by atoms with E-state index in [0.29, 0.717) is 18.5 Å². The summed E-state index contributed by atoms with van der Waals surface area (Å²) < 4.78 is 40.4. The number of halogens is 1. The molecule has 0 unspecified atom stereocenters. The highest BCUT2D eigenvalue weighted by Crippen LogP contribution is 2.22. The number of amides is 1. The lowest BCUT2D eigenvalue weighted by Gasteiger charge is -2.24. The summed E-state index contributed by atoms with van der Waals surface area (Å²) in [6, 6.07) is 21.2. The number of nitrogens with one attached hydrogen (secondary N) is 1. The second-order valence-corrected chi connectivity index (χ2v) is 9.21. The molecule has 1 N–H and O–H groups in total. The number of rotatable bonds is 9. The van der Waals surface area contributed by atoms with Gasteiger partial charge in [0.05, 0.1) is 4.90 Å². The Bertz CT molecular complexity index is 1130. The Hall–Kier alpha value is -3.23. The van der Waals surface area contributed by atoms with E-state index in [1.807, 2.05) is 49.3 Å². The third-order valence-electron chi connectivity index (χ3n) is 4.92. The number of carbonyl (C=O) groups is 1. The molecule has 32 heavy (non-hydrogen) atoms. The molecule has 0 aliphatic carbocycles. The van der Waals surface area contributed by atoms with Gasteiger partial charge in [0.15, 0.2) is 0 Å². The molecule has 168 valence electrons. The van der Waals surface area contributed by atoms with E-state index in [0.717, 1.165) is 23.5 Å². The lowest BCUT2D eigenvalue weighted by Crippen LogP contribution is -2.34. The fourth-order valence-corrected chi connectivity index (χ4v) is 4.23. The van der Waals surface area contributed by atoms with E-state index in [-0.39, 0.29) is 17.3 Å². The van der Waals surface area contributed by atoms with Crippen molar-refractivity contribution in [2.24, 2.45) is 0 Å². The minimum Gasteiger partial charge on any atom is -0.378 e. The number of hydrogen-bond acceptors (Lipinski definition) is 4. The van der Waals surface area contributed by atoms with Crippen LogP contribution in [0.1, 0.15) is 16.8 Å². The summed E-state index contributed by atoms with van der Waals surface area (Å²) in [6.45, 7) is 0.453. The van der Waals surface area contributed by atoms with Gasteiger partial charge in [-0.25, -0.2) is 17.5 Å². The minimum atomic E-state index is -3.75. The average Bonchev–Trinajstić information content (AvgIpc) is 2.79. The van der Waals surface area contributed by atoms with Gasteiger partial charge in [-0.15, -0.1) is 0 Å². The van der Waals surface area contributed by atoms with Crippen LogP contribution >= 0.6 is 0 Å². The first-order chi connectivity index (χ1) is 15.3. The highest BCUT2D eigenvalue weighted by Gasteiger charge is 2.19. The number of nitrogens with zero attached hydrogens (tertiary/aromatic N) is 2. The van der Waals surface area contributed by atoms with Crippen molar-refractivity contribution in [1.82, 2.24) is 4.72 Å². The van der Waals surface area contributed by atoms with Crippen LogP contribution in [0.2, 0.25) is 0 Å². The standard InChI is InChI=1S/C24H26FN3O3S/c1-27(2)21-11-13-22(14-12-21)28(24(29)19-7-4-3-5-8-19)18-6-17-26-32(30,31)23-15-9-20(25)10-16-23/h3-5,7-16,26H,6,17-18H2,1-2H3. The van der Waals surface area contributed by atoms with E-state index in [2.05, 4.69) is 4.72 Å². The summed E-state index contributed by atoms with van der Waals surface area (Å²) >= 11 is 0. The number of sulfonamides is 1. The van der Waals surface area contributed by atoms with E-state index < -0.39 is 15.8 Å². The molecule has 0 radical (unpaired) electrons. The minimum absolute atomic E-state index is 0.00427. The molecular weight excluding hydrogens is 429 g/mol. The monoisotopic (exact) mass is 455 g/mol. The third-order valence-corrected chi connectivity index (χ3v) is 6.40. The van der Waals surface area contributed by atoms with Crippen LogP contribution in [-0.4, -0.2) is 41.5 Å². The quantitative estimate of drug-likeness (QED) is 0.497. The van der Waals surface area contributed by atoms with Crippen molar-refractivity contribution in [3.63, 3.8) is 0 Å². The molecule has 8 heteroatoms. The number of benzene rings is 3. The molecule has 0 spiro atoms. The zero-order valence-corrected chi connectivity index (χ0v) is 18.8. The predicted octanol–water partition coefficient (Wildman–Crippen LogP) is 3.91. The Labute approximate surface area is 188 Å². The summed E-state index contributed by atoms with van der Waals surface area (Å²) in [5.41, 5.74) is 2.29. The van der Waals surface area contributed by atoms with Gasteiger partial charge >= 0.3 is 0 Å². The molecule has 3 aromatic carbocycles. The highest BCUT2D eigenvalue weighted by molar-refractivity contribution is 7.89.